The van der Waals surface area contributed by atoms with Crippen LogP contribution in [0, 0.1) is 0 Å². The average molecular weight is 376 g/mol. The first-order chi connectivity index (χ1) is 11.9. The molecule has 156 valence electrons. The van der Waals surface area contributed by atoms with E-state index in [2.05, 4.69) is 6.92 Å². The Bertz CT molecular complexity index is 376. The molecule has 0 aliphatic rings. The first kappa shape index (κ1) is 27.1. The van der Waals surface area contributed by atoms with Crippen LogP contribution in [-0.2, 0) is 4.79 Å². The number of aliphatic carboxylic acids is 1. The lowest BCUT2D eigenvalue weighted by Crippen LogP contribution is -2.45. The molecular formula is C20H43N2O4+. The number of hydrogen-bond acceptors (Lipinski definition) is 3. The van der Waals surface area contributed by atoms with Crippen LogP contribution in [0.3, 0.4) is 0 Å². The maximum absolute atomic E-state index is 10.9. The van der Waals surface area contributed by atoms with E-state index in [1.807, 2.05) is 0 Å². The SMILES string of the molecule is CCCCCCCCCCCC[N+](C)(C)C(=O)O.C[N+](C)(C)CC(=O)[O-]. The van der Waals surface area contributed by atoms with Gasteiger partial charge in [0.2, 0.25) is 0 Å². The van der Waals surface area contributed by atoms with Crippen LogP contribution in [0.15, 0.2) is 0 Å². The van der Waals surface area contributed by atoms with Crippen molar-refractivity contribution in [3.63, 3.8) is 0 Å². The standard InChI is InChI=1S/C15H31NO2.C5H11NO2/c1-4-5-6-7-8-9-10-11-12-13-14-16(2,3)15(17)18;1-6(2,3)4-5(7)8/h4-14H2,1-3H3;4H2,1-3H3/p+1. The molecule has 0 spiro atoms. The molecule has 0 heterocycles. The molecule has 0 atom stereocenters. The fraction of sp³-hybridized carbons (Fsp3) is 0.900. The number of carboxylic acid groups (broad SMARTS) is 2. The van der Waals surface area contributed by atoms with Gasteiger partial charge in [-0.2, -0.15) is 4.79 Å². The van der Waals surface area contributed by atoms with Crippen molar-refractivity contribution in [3.05, 3.63) is 0 Å². The lowest BCUT2D eigenvalue weighted by Gasteiger charge is -2.23. The second-order valence-electron chi connectivity index (χ2n) is 8.69. The Balaban J connectivity index is 0. The maximum Gasteiger partial charge on any atom is 0.513 e. The zero-order valence-corrected chi connectivity index (χ0v) is 18.1. The number of rotatable bonds is 13. The number of unbranched alkanes of at least 4 members (excludes halogenated alkanes) is 9. The Morgan fingerprint density at radius 1 is 0.769 bits per heavy atom. The van der Waals surface area contributed by atoms with Crippen LogP contribution in [-0.4, -0.2) is 74.5 Å². The average Bonchev–Trinajstić information content (AvgIpc) is 2.47. The van der Waals surface area contributed by atoms with Gasteiger partial charge < -0.3 is 19.5 Å². The number of nitrogens with zero attached hydrogens (tertiary/aromatic N) is 2. The number of likely N-dealkylation sites (N-methyl/N-ethyl adjacent to an activating group) is 1. The molecule has 0 rings (SSSR count). The fourth-order valence-corrected chi connectivity index (χ4v) is 2.48. The highest BCUT2D eigenvalue weighted by molar-refractivity contribution is 5.65. The van der Waals surface area contributed by atoms with Crippen LogP contribution in [0.4, 0.5) is 4.79 Å². The Kier molecular flexibility index (Phi) is 15.6. The fourth-order valence-electron chi connectivity index (χ4n) is 2.48. The number of quaternary nitrogens is 2. The van der Waals surface area contributed by atoms with Gasteiger partial charge in [0.1, 0.15) is 6.54 Å². The number of carbonyl (C=O) groups is 2. The summed E-state index contributed by atoms with van der Waals surface area (Å²) in [7, 11) is 8.92. The Morgan fingerprint density at radius 2 is 1.15 bits per heavy atom. The largest absolute Gasteiger partial charge is 0.544 e. The Morgan fingerprint density at radius 3 is 1.42 bits per heavy atom. The van der Waals surface area contributed by atoms with Gasteiger partial charge in [0.25, 0.3) is 0 Å². The van der Waals surface area contributed by atoms with Crippen LogP contribution >= 0.6 is 0 Å². The molecule has 0 unspecified atom stereocenters. The lowest BCUT2D eigenvalue weighted by atomic mass is 10.1. The second kappa shape index (κ2) is 15.0. The number of carboxylic acids is 1. The molecule has 0 aromatic heterocycles. The molecule has 6 nitrogen and oxygen atoms in total. The molecule has 1 N–H and O–H groups in total. The van der Waals surface area contributed by atoms with E-state index in [9.17, 15) is 14.7 Å². The minimum atomic E-state index is -1.00. The zero-order valence-electron chi connectivity index (χ0n) is 18.1. The summed E-state index contributed by atoms with van der Waals surface area (Å²) in [5.74, 6) is -1.00. The summed E-state index contributed by atoms with van der Waals surface area (Å²) in [6.07, 6.45) is 12.2. The molecule has 1 amide bonds. The van der Waals surface area contributed by atoms with Crippen molar-refractivity contribution in [2.45, 2.75) is 71.1 Å². The van der Waals surface area contributed by atoms with E-state index in [0.29, 0.717) is 4.48 Å². The van der Waals surface area contributed by atoms with Gasteiger partial charge in [0.15, 0.2) is 0 Å². The van der Waals surface area contributed by atoms with E-state index >= 15 is 0 Å². The first-order valence-electron chi connectivity index (χ1n) is 9.99. The number of hydrogen-bond donors (Lipinski definition) is 1. The van der Waals surface area contributed by atoms with Gasteiger partial charge in [0.05, 0.1) is 47.8 Å². The van der Waals surface area contributed by atoms with Crippen molar-refractivity contribution < 1.29 is 28.8 Å². The van der Waals surface area contributed by atoms with Crippen molar-refractivity contribution in [2.24, 2.45) is 0 Å². The Hall–Kier alpha value is -1.14. The van der Waals surface area contributed by atoms with Crippen molar-refractivity contribution in [3.8, 4) is 0 Å². The van der Waals surface area contributed by atoms with Gasteiger partial charge in [-0.15, -0.1) is 0 Å². The molecule has 0 fully saturated rings. The predicted molar refractivity (Wildman–Crippen MR) is 105 cm³/mol. The first-order valence-corrected chi connectivity index (χ1v) is 9.99. The molecule has 0 saturated heterocycles. The molecule has 0 aromatic carbocycles. The summed E-state index contributed by atoms with van der Waals surface area (Å²) in [6.45, 7) is 3.06. The highest BCUT2D eigenvalue weighted by Gasteiger charge is 2.24. The molecule has 0 aliphatic heterocycles. The molecule has 0 aromatic rings. The van der Waals surface area contributed by atoms with E-state index in [1.165, 1.54) is 57.8 Å². The van der Waals surface area contributed by atoms with E-state index in [1.54, 1.807) is 35.2 Å². The monoisotopic (exact) mass is 375 g/mol. The minimum absolute atomic E-state index is 0.0694. The molecule has 26 heavy (non-hydrogen) atoms. The quantitative estimate of drug-likeness (QED) is 0.396. The molecule has 0 bridgehead atoms. The zero-order chi connectivity index (χ0) is 20.6. The minimum Gasteiger partial charge on any atom is -0.544 e. The van der Waals surface area contributed by atoms with Crippen LogP contribution in [0.1, 0.15) is 71.1 Å². The van der Waals surface area contributed by atoms with Crippen LogP contribution in [0.2, 0.25) is 0 Å². The number of carbonyl (C=O) groups excluding carboxylic acids is 1. The van der Waals surface area contributed by atoms with Crippen LogP contribution in [0.5, 0.6) is 0 Å². The van der Waals surface area contributed by atoms with Gasteiger partial charge in [-0.25, -0.2) is 4.48 Å². The maximum atomic E-state index is 10.9. The second-order valence-corrected chi connectivity index (χ2v) is 8.69. The van der Waals surface area contributed by atoms with Crippen molar-refractivity contribution in [1.29, 1.82) is 0 Å². The molecular weight excluding hydrogens is 332 g/mol. The highest BCUT2D eigenvalue weighted by atomic mass is 16.4. The lowest BCUT2D eigenvalue weighted by molar-refractivity contribution is -0.864. The predicted octanol–water partition coefficient (Wildman–Crippen LogP) is 3.10. The van der Waals surface area contributed by atoms with E-state index in [4.69, 9.17) is 5.11 Å². The van der Waals surface area contributed by atoms with Crippen molar-refractivity contribution in [1.82, 2.24) is 0 Å². The van der Waals surface area contributed by atoms with Crippen LogP contribution < -0.4 is 5.11 Å². The topological polar surface area (TPSA) is 77.4 Å². The van der Waals surface area contributed by atoms with Gasteiger partial charge in [-0.05, 0) is 12.8 Å². The van der Waals surface area contributed by atoms with Gasteiger partial charge in [0, 0.05) is 0 Å². The summed E-state index contributed by atoms with van der Waals surface area (Å²) in [4.78, 5) is 20.8. The van der Waals surface area contributed by atoms with Gasteiger partial charge in [-0.1, -0.05) is 58.3 Å². The summed E-state index contributed by atoms with van der Waals surface area (Å²) >= 11 is 0. The third-order valence-electron chi connectivity index (χ3n) is 4.19. The van der Waals surface area contributed by atoms with E-state index in [-0.39, 0.29) is 11.0 Å². The normalized spacial score (nSPS) is 11.6. The third-order valence-corrected chi connectivity index (χ3v) is 4.19. The highest BCUT2D eigenvalue weighted by Crippen LogP contribution is 2.11. The summed E-state index contributed by atoms with van der Waals surface area (Å²) in [5, 5.41) is 18.8. The van der Waals surface area contributed by atoms with E-state index in [0.717, 1.165) is 13.0 Å². The third kappa shape index (κ3) is 20.9. The smallest absolute Gasteiger partial charge is 0.513 e. The van der Waals surface area contributed by atoms with Gasteiger partial charge in [-0.3, -0.25) is 0 Å². The number of amides is 1. The van der Waals surface area contributed by atoms with Crippen LogP contribution in [0.25, 0.3) is 0 Å². The van der Waals surface area contributed by atoms with Crippen molar-refractivity contribution >= 4 is 12.1 Å². The summed E-state index contributed by atoms with van der Waals surface area (Å²) < 4.78 is 0.513. The van der Waals surface area contributed by atoms with Gasteiger partial charge >= 0.3 is 6.09 Å². The molecule has 0 saturated carbocycles. The van der Waals surface area contributed by atoms with E-state index < -0.39 is 12.1 Å². The van der Waals surface area contributed by atoms with Crippen molar-refractivity contribution in [2.75, 3.05) is 48.3 Å². The summed E-state index contributed by atoms with van der Waals surface area (Å²) in [6, 6.07) is 0. The molecule has 6 heteroatoms. The molecule has 0 radical (unpaired) electrons. The Labute approximate surface area is 161 Å². The molecule has 0 aliphatic carbocycles. The summed E-state index contributed by atoms with van der Waals surface area (Å²) in [5.41, 5.74) is 0.